The van der Waals surface area contributed by atoms with Crippen molar-refractivity contribution >= 4 is 17.7 Å². The molecule has 0 heterocycles. The summed E-state index contributed by atoms with van der Waals surface area (Å²) in [6.45, 7) is 2.96. The van der Waals surface area contributed by atoms with Gasteiger partial charge in [-0.3, -0.25) is 9.59 Å². The summed E-state index contributed by atoms with van der Waals surface area (Å²) in [6, 6.07) is 20.9. The number of aliphatic carboxylic acids is 1. The van der Waals surface area contributed by atoms with Crippen LogP contribution in [0.3, 0.4) is 0 Å². The maximum Gasteiger partial charge on any atom is 0.338 e. The first-order chi connectivity index (χ1) is 17.5. The van der Waals surface area contributed by atoms with E-state index in [4.69, 9.17) is 19.3 Å². The maximum absolute atomic E-state index is 13.1. The van der Waals surface area contributed by atoms with Crippen molar-refractivity contribution in [2.45, 2.75) is 32.6 Å². The van der Waals surface area contributed by atoms with Gasteiger partial charge >= 0.3 is 11.9 Å². The molecule has 0 saturated heterocycles. The van der Waals surface area contributed by atoms with E-state index in [0.717, 1.165) is 18.6 Å². The molecule has 0 fully saturated rings. The zero-order chi connectivity index (χ0) is 25.8. The van der Waals surface area contributed by atoms with Crippen LogP contribution in [-0.4, -0.2) is 42.6 Å². The smallest absolute Gasteiger partial charge is 0.338 e. The number of carbonyl (C=O) groups excluding carboxylic acids is 2. The number of aryl methyl sites for hydroxylation is 1. The number of rotatable bonds is 14. The molecule has 0 aromatic heterocycles. The Kier molecular flexibility index (Phi) is 10.1. The molecule has 0 aliphatic rings. The highest BCUT2D eigenvalue weighted by Gasteiger charge is 2.16. The van der Waals surface area contributed by atoms with Crippen LogP contribution in [0.4, 0.5) is 0 Å². The molecule has 3 rings (SSSR count). The number of para-hydroxylation sites is 1. The first kappa shape index (κ1) is 26.5. The lowest BCUT2D eigenvalue weighted by molar-refractivity contribution is -0.136. The first-order valence-corrected chi connectivity index (χ1v) is 11.9. The second-order valence-electron chi connectivity index (χ2n) is 8.06. The highest BCUT2D eigenvalue weighted by atomic mass is 16.5. The largest absolute Gasteiger partial charge is 0.494 e. The lowest BCUT2D eigenvalue weighted by Crippen LogP contribution is -2.09. The highest BCUT2D eigenvalue weighted by molar-refractivity contribution is 6.10. The molecule has 7 nitrogen and oxygen atoms in total. The quantitative estimate of drug-likeness (QED) is 0.185. The van der Waals surface area contributed by atoms with Gasteiger partial charge in [-0.15, -0.1) is 0 Å². The third kappa shape index (κ3) is 7.98. The van der Waals surface area contributed by atoms with Gasteiger partial charge in [0.25, 0.3) is 0 Å². The monoisotopic (exact) mass is 490 g/mol. The van der Waals surface area contributed by atoms with Crippen LogP contribution in [0.25, 0.3) is 0 Å². The second kappa shape index (κ2) is 13.7. The molecule has 0 amide bonds. The fourth-order valence-corrected chi connectivity index (χ4v) is 3.56. The van der Waals surface area contributed by atoms with Crippen LogP contribution < -0.4 is 9.47 Å². The molecule has 0 saturated carbocycles. The van der Waals surface area contributed by atoms with Crippen molar-refractivity contribution < 1.29 is 33.7 Å². The van der Waals surface area contributed by atoms with Crippen molar-refractivity contribution in [3.05, 3.63) is 95.1 Å². The molecule has 36 heavy (non-hydrogen) atoms. The van der Waals surface area contributed by atoms with Crippen molar-refractivity contribution in [1.82, 2.24) is 0 Å². The number of unbranched alkanes of at least 4 members (excludes halogenated alkanes) is 1. The molecule has 3 aromatic carbocycles. The minimum atomic E-state index is -0.933. The SMILES string of the molecule is CCOC(=O)c1cccc(C(=O)c2ccc(OCCCCOc3ccccc3)c(CCC(=O)O)c2)c1. The molecule has 7 heteroatoms. The highest BCUT2D eigenvalue weighted by Crippen LogP contribution is 2.24. The number of hydrogen-bond donors (Lipinski definition) is 1. The van der Waals surface area contributed by atoms with Gasteiger partial charge in [-0.1, -0.05) is 30.3 Å². The Hall–Kier alpha value is -4.13. The van der Waals surface area contributed by atoms with Crippen LogP contribution in [0, 0.1) is 0 Å². The lowest BCUT2D eigenvalue weighted by atomic mass is 9.98. The van der Waals surface area contributed by atoms with Gasteiger partial charge < -0.3 is 19.3 Å². The van der Waals surface area contributed by atoms with E-state index in [1.54, 1.807) is 43.3 Å². The standard InChI is InChI=1S/C29H30O7/c1-2-34-29(33)24-10-8-9-22(20-24)28(32)23-13-15-26(21(19-23)14-16-27(30)31)36-18-7-6-17-35-25-11-4-3-5-12-25/h3-5,8-13,15,19-20H,2,6-7,14,16-18H2,1H3,(H,30,31). The molecular weight excluding hydrogens is 460 g/mol. The van der Waals surface area contributed by atoms with Crippen LogP contribution in [0.2, 0.25) is 0 Å². The predicted octanol–water partition coefficient (Wildman–Crippen LogP) is 5.35. The van der Waals surface area contributed by atoms with Crippen LogP contribution in [0.15, 0.2) is 72.8 Å². The molecule has 188 valence electrons. The summed E-state index contributed by atoms with van der Waals surface area (Å²) in [7, 11) is 0. The minimum absolute atomic E-state index is 0.0860. The Bertz CT molecular complexity index is 1170. The summed E-state index contributed by atoms with van der Waals surface area (Å²) in [5.41, 5.74) is 1.67. The van der Waals surface area contributed by atoms with Gasteiger partial charge in [0.05, 0.1) is 25.4 Å². The van der Waals surface area contributed by atoms with E-state index in [0.29, 0.717) is 41.2 Å². The van der Waals surface area contributed by atoms with Crippen molar-refractivity contribution in [1.29, 1.82) is 0 Å². The van der Waals surface area contributed by atoms with Crippen molar-refractivity contribution in [3.63, 3.8) is 0 Å². The van der Waals surface area contributed by atoms with Gasteiger partial charge in [0.1, 0.15) is 11.5 Å². The Morgan fingerprint density at radius 1 is 0.778 bits per heavy atom. The van der Waals surface area contributed by atoms with Crippen molar-refractivity contribution in [2.24, 2.45) is 0 Å². The number of benzene rings is 3. The zero-order valence-corrected chi connectivity index (χ0v) is 20.3. The predicted molar refractivity (Wildman–Crippen MR) is 135 cm³/mol. The summed E-state index contributed by atoms with van der Waals surface area (Å²) in [4.78, 5) is 36.3. The average molecular weight is 491 g/mol. The fourth-order valence-electron chi connectivity index (χ4n) is 3.56. The molecule has 0 atom stereocenters. The average Bonchev–Trinajstić information content (AvgIpc) is 2.90. The Labute approximate surface area is 210 Å². The minimum Gasteiger partial charge on any atom is -0.494 e. The molecule has 0 aliphatic carbocycles. The topological polar surface area (TPSA) is 99.1 Å². The number of esters is 1. The maximum atomic E-state index is 13.1. The van der Waals surface area contributed by atoms with Gasteiger partial charge in [-0.2, -0.15) is 0 Å². The van der Waals surface area contributed by atoms with Crippen LogP contribution >= 0.6 is 0 Å². The van der Waals surface area contributed by atoms with Gasteiger partial charge in [-0.25, -0.2) is 4.79 Å². The van der Waals surface area contributed by atoms with E-state index in [-0.39, 0.29) is 25.2 Å². The number of carboxylic acid groups (broad SMARTS) is 1. The third-order valence-electron chi connectivity index (χ3n) is 5.37. The Morgan fingerprint density at radius 2 is 1.47 bits per heavy atom. The summed E-state index contributed by atoms with van der Waals surface area (Å²) in [5, 5.41) is 9.15. The molecule has 0 bridgehead atoms. The Morgan fingerprint density at radius 3 is 2.19 bits per heavy atom. The number of ether oxygens (including phenoxy) is 3. The normalized spacial score (nSPS) is 10.5. The zero-order valence-electron chi connectivity index (χ0n) is 20.3. The van der Waals surface area contributed by atoms with Crippen molar-refractivity contribution in [3.8, 4) is 11.5 Å². The van der Waals surface area contributed by atoms with Crippen LogP contribution in [0.1, 0.15) is 58.0 Å². The summed E-state index contributed by atoms with van der Waals surface area (Å²) in [5.74, 6) is -0.327. The van der Waals surface area contributed by atoms with E-state index in [1.807, 2.05) is 30.3 Å². The molecule has 0 spiro atoms. The molecule has 1 N–H and O–H groups in total. The van der Waals surface area contributed by atoms with E-state index in [1.165, 1.54) is 6.07 Å². The number of carboxylic acids is 1. The molecule has 0 aliphatic heterocycles. The van der Waals surface area contributed by atoms with Gasteiger partial charge in [0.15, 0.2) is 5.78 Å². The second-order valence-corrected chi connectivity index (χ2v) is 8.06. The van der Waals surface area contributed by atoms with Gasteiger partial charge in [0.2, 0.25) is 0 Å². The first-order valence-electron chi connectivity index (χ1n) is 11.9. The van der Waals surface area contributed by atoms with Gasteiger partial charge in [0, 0.05) is 17.5 Å². The third-order valence-corrected chi connectivity index (χ3v) is 5.37. The van der Waals surface area contributed by atoms with Crippen LogP contribution in [0.5, 0.6) is 11.5 Å². The van der Waals surface area contributed by atoms with E-state index in [9.17, 15) is 14.4 Å². The number of hydrogen-bond acceptors (Lipinski definition) is 6. The lowest BCUT2D eigenvalue weighted by Gasteiger charge is -2.13. The number of carbonyl (C=O) groups is 3. The Balaban J connectivity index is 1.64. The van der Waals surface area contributed by atoms with Crippen molar-refractivity contribution in [2.75, 3.05) is 19.8 Å². The molecule has 0 radical (unpaired) electrons. The molecule has 0 unspecified atom stereocenters. The van der Waals surface area contributed by atoms with E-state index >= 15 is 0 Å². The fraction of sp³-hybridized carbons (Fsp3) is 0.276. The summed E-state index contributed by atoms with van der Waals surface area (Å²) >= 11 is 0. The molecular formula is C29H30O7. The van der Waals surface area contributed by atoms with E-state index in [2.05, 4.69) is 0 Å². The summed E-state index contributed by atoms with van der Waals surface area (Å²) in [6.07, 6.45) is 1.70. The summed E-state index contributed by atoms with van der Waals surface area (Å²) < 4.78 is 16.6. The van der Waals surface area contributed by atoms with Crippen LogP contribution in [-0.2, 0) is 16.0 Å². The molecule has 3 aromatic rings. The van der Waals surface area contributed by atoms with E-state index < -0.39 is 11.9 Å². The number of ketones is 1. The van der Waals surface area contributed by atoms with Gasteiger partial charge in [-0.05, 0) is 74.2 Å².